The van der Waals surface area contributed by atoms with Gasteiger partial charge in [0.25, 0.3) is 0 Å². The van der Waals surface area contributed by atoms with Gasteiger partial charge in [-0.2, -0.15) is 12.6 Å². The molecule has 1 rings (SSSR count). The molecule has 1 fully saturated rings. The molecule has 0 saturated carbocycles. The van der Waals surface area contributed by atoms with E-state index in [1.807, 2.05) is 0 Å². The van der Waals surface area contributed by atoms with E-state index < -0.39 is 0 Å². The molecule has 0 spiro atoms. The first kappa shape index (κ1) is 6.43. The molecule has 1 heterocycles. The smallest absolute Gasteiger partial charge is 0.0902 e. The third kappa shape index (κ3) is 1.39. The summed E-state index contributed by atoms with van der Waals surface area (Å²) in [5.41, 5.74) is 0. The Morgan fingerprint density at radius 3 is 2.25 bits per heavy atom. The van der Waals surface area contributed by atoms with Gasteiger partial charge in [-0.3, -0.25) is 0 Å². The summed E-state index contributed by atoms with van der Waals surface area (Å²) in [6.45, 7) is 2.54. The molecule has 0 aliphatic carbocycles. The number of hydrogen-bond acceptors (Lipinski definition) is 1. The Kier molecular flexibility index (Phi) is 1.54. The van der Waals surface area contributed by atoms with Crippen LogP contribution in [0.15, 0.2) is 0 Å². The number of thiol groups is 1. The van der Waals surface area contributed by atoms with Gasteiger partial charge in [0.15, 0.2) is 0 Å². The molecule has 1 saturated heterocycles. The average molecular weight is 132 g/mol. The van der Waals surface area contributed by atoms with Crippen LogP contribution in [-0.4, -0.2) is 36.9 Å². The second kappa shape index (κ2) is 1.92. The molecule has 1 atom stereocenters. The molecule has 0 unspecified atom stereocenters. The summed E-state index contributed by atoms with van der Waals surface area (Å²) in [5.74, 6) is 0. The third-order valence-electron chi connectivity index (χ3n) is 1.77. The van der Waals surface area contributed by atoms with Crippen molar-refractivity contribution >= 4 is 12.6 Å². The van der Waals surface area contributed by atoms with E-state index in [4.69, 9.17) is 0 Å². The molecule has 1 aliphatic rings. The molecular weight excluding hydrogens is 118 g/mol. The van der Waals surface area contributed by atoms with E-state index in [9.17, 15) is 0 Å². The maximum Gasteiger partial charge on any atom is 0.0902 e. The molecule has 0 aromatic carbocycles. The van der Waals surface area contributed by atoms with Gasteiger partial charge in [0, 0.05) is 6.42 Å². The first-order valence-electron chi connectivity index (χ1n) is 3.10. The highest BCUT2D eigenvalue weighted by Gasteiger charge is 2.27. The summed E-state index contributed by atoms with van der Waals surface area (Å²) in [6.07, 6.45) is 1.29. The summed E-state index contributed by atoms with van der Waals surface area (Å²) < 4.78 is 1.16. The molecule has 2 heteroatoms. The highest BCUT2D eigenvalue weighted by atomic mass is 32.1. The Labute approximate surface area is 56.7 Å². The van der Waals surface area contributed by atoms with E-state index in [0.29, 0.717) is 5.25 Å². The molecule has 8 heavy (non-hydrogen) atoms. The summed E-state index contributed by atoms with van der Waals surface area (Å²) >= 11 is 4.39. The van der Waals surface area contributed by atoms with E-state index in [0.717, 1.165) is 4.48 Å². The largest absolute Gasteiger partial charge is 0.328 e. The summed E-state index contributed by atoms with van der Waals surface area (Å²) in [5, 5.41) is 0.657. The second-order valence-electron chi connectivity index (χ2n) is 3.28. The van der Waals surface area contributed by atoms with Crippen molar-refractivity contribution in [1.82, 2.24) is 0 Å². The summed E-state index contributed by atoms with van der Waals surface area (Å²) in [7, 11) is 4.52. The van der Waals surface area contributed by atoms with Crippen molar-refractivity contribution in [3.8, 4) is 0 Å². The molecule has 48 valence electrons. The predicted molar refractivity (Wildman–Crippen MR) is 39.2 cm³/mol. The Morgan fingerprint density at radius 1 is 1.50 bits per heavy atom. The van der Waals surface area contributed by atoms with Crippen LogP contribution < -0.4 is 0 Å². The molecule has 0 N–H and O–H groups in total. The monoisotopic (exact) mass is 132 g/mol. The van der Waals surface area contributed by atoms with Crippen molar-refractivity contribution in [1.29, 1.82) is 0 Å². The van der Waals surface area contributed by atoms with Crippen LogP contribution in [0.4, 0.5) is 0 Å². The lowest BCUT2D eigenvalue weighted by Gasteiger charge is -2.22. The SMILES string of the molecule is C[N+]1(C)CC[C@H](S)C1. The quantitative estimate of drug-likeness (QED) is 0.365. The lowest BCUT2D eigenvalue weighted by atomic mass is 10.4. The molecule has 0 amide bonds. The molecule has 1 nitrogen and oxygen atoms in total. The fourth-order valence-corrected chi connectivity index (χ4v) is 1.81. The minimum atomic E-state index is 0.657. The number of hydrogen-bond donors (Lipinski definition) is 1. The average Bonchev–Trinajstić information content (AvgIpc) is 1.82. The Bertz CT molecular complexity index is 90.5. The number of rotatable bonds is 0. The molecule has 0 aromatic heterocycles. The normalized spacial score (nSPS) is 35.6. The van der Waals surface area contributed by atoms with Crippen LogP contribution in [0.2, 0.25) is 0 Å². The second-order valence-corrected chi connectivity index (χ2v) is 4.01. The van der Waals surface area contributed by atoms with Gasteiger partial charge < -0.3 is 4.48 Å². The predicted octanol–water partition coefficient (Wildman–Crippen LogP) is 0.765. The first-order valence-corrected chi connectivity index (χ1v) is 3.62. The Balaban J connectivity index is 2.44. The van der Waals surface area contributed by atoms with E-state index in [2.05, 4.69) is 26.7 Å². The maximum absolute atomic E-state index is 4.39. The van der Waals surface area contributed by atoms with E-state index in [1.165, 1.54) is 19.5 Å². The highest BCUT2D eigenvalue weighted by molar-refractivity contribution is 7.81. The van der Waals surface area contributed by atoms with E-state index in [1.54, 1.807) is 0 Å². The zero-order valence-corrected chi connectivity index (χ0v) is 6.49. The lowest BCUT2D eigenvalue weighted by molar-refractivity contribution is -0.877. The van der Waals surface area contributed by atoms with Gasteiger partial charge in [0.05, 0.1) is 32.4 Å². The number of nitrogens with zero attached hydrogens (tertiary/aromatic N) is 1. The van der Waals surface area contributed by atoms with Crippen molar-refractivity contribution in [3.05, 3.63) is 0 Å². The Hall–Kier alpha value is 0.310. The molecule has 0 aromatic rings. The van der Waals surface area contributed by atoms with Crippen molar-refractivity contribution in [2.45, 2.75) is 11.7 Å². The molecular formula is C6H14NS+. The number of quaternary nitrogens is 1. The van der Waals surface area contributed by atoms with Crippen LogP contribution >= 0.6 is 12.6 Å². The fraction of sp³-hybridized carbons (Fsp3) is 1.00. The maximum atomic E-state index is 4.39. The van der Waals surface area contributed by atoms with Gasteiger partial charge in [-0.25, -0.2) is 0 Å². The van der Waals surface area contributed by atoms with Gasteiger partial charge in [-0.15, -0.1) is 0 Å². The molecule has 0 radical (unpaired) electrons. The Morgan fingerprint density at radius 2 is 2.12 bits per heavy atom. The lowest BCUT2D eigenvalue weighted by Crippen LogP contribution is -2.36. The van der Waals surface area contributed by atoms with Crippen LogP contribution in [0.1, 0.15) is 6.42 Å². The number of likely N-dealkylation sites (tertiary alicyclic amines) is 1. The van der Waals surface area contributed by atoms with Gasteiger partial charge in [-0.1, -0.05) is 0 Å². The third-order valence-corrected chi connectivity index (χ3v) is 2.19. The molecule has 0 bridgehead atoms. The minimum absolute atomic E-state index is 0.657. The standard InChI is InChI=1S/C6H13NS/c1-7(2)4-3-6(8)5-7/h6H,3-5H2,1-2H3/p+1/t6-/m0/s1. The van der Waals surface area contributed by atoms with Crippen LogP contribution in [-0.2, 0) is 0 Å². The van der Waals surface area contributed by atoms with Crippen LogP contribution in [0, 0.1) is 0 Å². The van der Waals surface area contributed by atoms with Crippen LogP contribution in [0.3, 0.4) is 0 Å². The van der Waals surface area contributed by atoms with Gasteiger partial charge >= 0.3 is 0 Å². The van der Waals surface area contributed by atoms with Crippen LogP contribution in [0.25, 0.3) is 0 Å². The summed E-state index contributed by atoms with van der Waals surface area (Å²) in [6, 6.07) is 0. The van der Waals surface area contributed by atoms with Gasteiger partial charge in [-0.05, 0) is 0 Å². The van der Waals surface area contributed by atoms with Gasteiger partial charge in [0.2, 0.25) is 0 Å². The zero-order chi connectivity index (χ0) is 6.20. The highest BCUT2D eigenvalue weighted by Crippen LogP contribution is 2.17. The first-order chi connectivity index (χ1) is 3.60. The van der Waals surface area contributed by atoms with Crippen molar-refractivity contribution in [3.63, 3.8) is 0 Å². The topological polar surface area (TPSA) is 0 Å². The van der Waals surface area contributed by atoms with E-state index >= 15 is 0 Å². The van der Waals surface area contributed by atoms with Crippen molar-refractivity contribution in [2.24, 2.45) is 0 Å². The van der Waals surface area contributed by atoms with Crippen molar-refractivity contribution < 1.29 is 4.48 Å². The van der Waals surface area contributed by atoms with Gasteiger partial charge in [0.1, 0.15) is 0 Å². The molecule has 1 aliphatic heterocycles. The van der Waals surface area contributed by atoms with Crippen molar-refractivity contribution in [2.75, 3.05) is 27.2 Å². The van der Waals surface area contributed by atoms with Crippen LogP contribution in [0.5, 0.6) is 0 Å². The zero-order valence-electron chi connectivity index (χ0n) is 5.59. The minimum Gasteiger partial charge on any atom is -0.328 e. The fourth-order valence-electron chi connectivity index (χ4n) is 1.25. The summed E-state index contributed by atoms with van der Waals surface area (Å²) in [4.78, 5) is 0. The van der Waals surface area contributed by atoms with E-state index in [-0.39, 0.29) is 0 Å².